The fourth-order valence-electron chi connectivity index (χ4n) is 6.93. The van der Waals surface area contributed by atoms with Crippen LogP contribution in [0.25, 0.3) is 5.57 Å². The van der Waals surface area contributed by atoms with Crippen LogP contribution in [-0.4, -0.2) is 44.0 Å². The van der Waals surface area contributed by atoms with Crippen molar-refractivity contribution in [2.45, 2.75) is 64.2 Å². The monoisotopic (exact) mass is 669 g/mol. The molecular weight excluding hydrogens is 630 g/mol. The Labute approximate surface area is 272 Å². The molecule has 45 heavy (non-hydrogen) atoms. The fraction of sp³-hybridized carbons (Fsp3) is 0.371. The predicted molar refractivity (Wildman–Crippen MR) is 183 cm³/mol. The Bertz CT molecular complexity index is 1900. The summed E-state index contributed by atoms with van der Waals surface area (Å²) in [6.45, 7) is 8.57. The van der Waals surface area contributed by atoms with Gasteiger partial charge in [0, 0.05) is 33.8 Å². The fourth-order valence-corrected chi connectivity index (χ4v) is 8.12. The Morgan fingerprint density at radius 2 is 1.47 bits per heavy atom. The summed E-state index contributed by atoms with van der Waals surface area (Å²) in [5, 5.41) is 0.667. The Kier molecular flexibility index (Phi) is 9.16. The Hall–Kier alpha value is -2.95. The summed E-state index contributed by atoms with van der Waals surface area (Å²) in [4.78, 5) is 1.96. The van der Waals surface area contributed by atoms with Crippen molar-refractivity contribution in [1.82, 2.24) is 0 Å². The molecule has 0 saturated carbocycles. The first-order chi connectivity index (χ1) is 21.0. The number of halogens is 1. The Balaban J connectivity index is 1.50. The third-order valence-electron chi connectivity index (χ3n) is 9.26. The molecule has 2 N–H and O–H groups in total. The minimum atomic E-state index is -4.15. The molecule has 0 saturated heterocycles. The summed E-state index contributed by atoms with van der Waals surface area (Å²) in [5.74, 6) is -0.736. The molecule has 0 atom stereocenters. The lowest BCUT2D eigenvalue weighted by atomic mass is 9.80. The van der Waals surface area contributed by atoms with Crippen LogP contribution in [-0.2, 0) is 31.1 Å². The molecule has 2 aromatic rings. The van der Waals surface area contributed by atoms with E-state index < -0.39 is 25.7 Å². The molecule has 0 radical (unpaired) electrons. The van der Waals surface area contributed by atoms with Gasteiger partial charge in [-0.3, -0.25) is 9.11 Å². The highest BCUT2D eigenvalue weighted by Gasteiger charge is 2.40. The van der Waals surface area contributed by atoms with Crippen molar-refractivity contribution in [2.24, 2.45) is 0 Å². The lowest BCUT2D eigenvalue weighted by Crippen LogP contribution is -2.30. The van der Waals surface area contributed by atoms with Crippen LogP contribution in [0, 0.1) is 0 Å². The lowest BCUT2D eigenvalue weighted by Gasteiger charge is -2.27. The number of para-hydroxylation sites is 1. The second kappa shape index (κ2) is 12.3. The molecule has 0 amide bonds. The van der Waals surface area contributed by atoms with Gasteiger partial charge in [-0.25, -0.2) is 0 Å². The predicted octanol–water partition coefficient (Wildman–Crippen LogP) is 7.74. The van der Waals surface area contributed by atoms with Crippen molar-refractivity contribution in [2.75, 3.05) is 23.0 Å². The van der Waals surface area contributed by atoms with E-state index >= 15 is 0 Å². The van der Waals surface area contributed by atoms with Crippen LogP contribution in [0.3, 0.4) is 0 Å². The van der Waals surface area contributed by atoms with Crippen molar-refractivity contribution in [1.29, 1.82) is 0 Å². The van der Waals surface area contributed by atoms with E-state index in [2.05, 4.69) is 33.8 Å². The summed E-state index contributed by atoms with van der Waals surface area (Å²) in [5.41, 5.74) is 8.16. The quantitative estimate of drug-likeness (QED) is 0.263. The number of hydrogen-bond donors (Lipinski definition) is 2. The zero-order chi connectivity index (χ0) is 32.8. The van der Waals surface area contributed by atoms with Crippen molar-refractivity contribution in [3.8, 4) is 0 Å². The Morgan fingerprint density at radius 1 is 0.822 bits per heavy atom. The largest absolute Gasteiger partial charge is 0.343 e. The van der Waals surface area contributed by atoms with Crippen molar-refractivity contribution in [3.05, 3.63) is 117 Å². The number of allylic oxidation sites excluding steroid dienone is 10. The first kappa shape index (κ1) is 33.4. The molecule has 1 aliphatic heterocycles. The van der Waals surface area contributed by atoms with Gasteiger partial charge in [0.25, 0.3) is 20.2 Å². The smallest absolute Gasteiger partial charge is 0.266 e. The summed E-state index contributed by atoms with van der Waals surface area (Å²) < 4.78 is 65.6. The first-order valence-electron chi connectivity index (χ1n) is 15.1. The van der Waals surface area contributed by atoms with Gasteiger partial charge in [0.15, 0.2) is 0 Å². The SMILES string of the molecule is CC1(C)C(/C=C/C2=C(Cl)C(=C/C=C3/N(CCS(=O)(=O)O)c4ccccc4C3(C)C)CCC2)=C(CCS(=O)(=O)O)c2ccccc21. The van der Waals surface area contributed by atoms with E-state index in [1.807, 2.05) is 71.7 Å². The normalized spacial score (nSPS) is 21.4. The zero-order valence-corrected chi connectivity index (χ0v) is 28.4. The maximum atomic E-state index is 11.7. The van der Waals surface area contributed by atoms with Crippen LogP contribution in [0.5, 0.6) is 0 Å². The molecule has 2 aromatic carbocycles. The van der Waals surface area contributed by atoms with Gasteiger partial charge in [0.1, 0.15) is 0 Å². The van der Waals surface area contributed by atoms with E-state index in [9.17, 15) is 25.9 Å². The number of fused-ring (bicyclic) bond motifs is 2. The van der Waals surface area contributed by atoms with Gasteiger partial charge in [-0.1, -0.05) is 100.0 Å². The number of benzene rings is 2. The third-order valence-corrected chi connectivity index (χ3v) is 11.2. The standard InChI is InChI=1S/C35H40ClNO6S2/c1-34(2)28-13-6-5-12-26(28)27(20-22-44(38,39)40)29(34)18-16-24-10-9-11-25(33(24)36)17-19-32-35(3,4)30-14-7-8-15-31(30)37(32)21-23-45(41,42)43/h5-8,12-19H,9-11,20-23H2,1-4H3,(H,38,39,40)(H,41,42,43)/b18-16+,25-17?,32-19+. The molecule has 1 heterocycles. The van der Waals surface area contributed by atoms with Gasteiger partial charge in [0.2, 0.25) is 0 Å². The summed E-state index contributed by atoms with van der Waals surface area (Å²) in [6.07, 6.45) is 10.8. The highest BCUT2D eigenvalue weighted by molar-refractivity contribution is 7.86. The van der Waals surface area contributed by atoms with E-state index in [0.717, 1.165) is 69.6 Å². The molecule has 0 unspecified atom stereocenters. The first-order valence-corrected chi connectivity index (χ1v) is 18.7. The van der Waals surface area contributed by atoms with Gasteiger partial charge in [-0.15, -0.1) is 0 Å². The van der Waals surface area contributed by atoms with Gasteiger partial charge in [-0.05, 0) is 76.8 Å². The number of anilines is 1. The third kappa shape index (κ3) is 6.93. The second-order valence-electron chi connectivity index (χ2n) is 12.9. The molecular formula is C35H40ClNO6S2. The van der Waals surface area contributed by atoms with Crippen LogP contribution in [0.15, 0.2) is 100 Å². The second-order valence-corrected chi connectivity index (χ2v) is 16.5. The van der Waals surface area contributed by atoms with Crippen molar-refractivity contribution in [3.63, 3.8) is 0 Å². The average Bonchev–Trinajstić information content (AvgIpc) is 3.31. The topological polar surface area (TPSA) is 112 Å². The van der Waals surface area contributed by atoms with Crippen LogP contribution in [0.2, 0.25) is 0 Å². The van der Waals surface area contributed by atoms with Gasteiger partial charge < -0.3 is 4.90 Å². The van der Waals surface area contributed by atoms with E-state index in [0.29, 0.717) is 5.03 Å². The zero-order valence-electron chi connectivity index (χ0n) is 26.0. The van der Waals surface area contributed by atoms with Gasteiger partial charge >= 0.3 is 0 Å². The summed E-state index contributed by atoms with van der Waals surface area (Å²) in [7, 11) is -8.27. The molecule has 5 rings (SSSR count). The van der Waals surface area contributed by atoms with Crippen LogP contribution < -0.4 is 4.90 Å². The maximum absolute atomic E-state index is 11.7. The van der Waals surface area contributed by atoms with Crippen LogP contribution >= 0.6 is 11.6 Å². The number of rotatable bonds is 9. The van der Waals surface area contributed by atoms with Gasteiger partial charge in [-0.2, -0.15) is 16.8 Å². The molecule has 2 aliphatic carbocycles. The molecule has 0 bridgehead atoms. The van der Waals surface area contributed by atoms with Crippen molar-refractivity contribution >= 4 is 43.1 Å². The minimum absolute atomic E-state index is 0.124. The molecule has 0 aromatic heterocycles. The average molecular weight is 670 g/mol. The van der Waals surface area contributed by atoms with Crippen LogP contribution in [0.1, 0.15) is 70.1 Å². The van der Waals surface area contributed by atoms with E-state index in [4.69, 9.17) is 11.6 Å². The summed E-state index contributed by atoms with van der Waals surface area (Å²) >= 11 is 7.03. The molecule has 10 heteroatoms. The number of hydrogen-bond acceptors (Lipinski definition) is 5. The molecule has 3 aliphatic rings. The minimum Gasteiger partial charge on any atom is -0.343 e. The highest BCUT2D eigenvalue weighted by atomic mass is 35.5. The molecule has 7 nitrogen and oxygen atoms in total. The molecule has 0 fully saturated rings. The summed E-state index contributed by atoms with van der Waals surface area (Å²) in [6, 6.07) is 15.9. The van der Waals surface area contributed by atoms with Crippen molar-refractivity contribution < 1.29 is 25.9 Å². The molecule has 0 spiro atoms. The Morgan fingerprint density at radius 3 is 2.16 bits per heavy atom. The maximum Gasteiger partial charge on any atom is 0.266 e. The van der Waals surface area contributed by atoms with Gasteiger partial charge in [0.05, 0.1) is 11.5 Å². The van der Waals surface area contributed by atoms with E-state index in [1.54, 1.807) is 0 Å². The number of nitrogens with zero attached hydrogens (tertiary/aromatic N) is 1. The van der Waals surface area contributed by atoms with E-state index in [-0.39, 0.29) is 29.9 Å². The van der Waals surface area contributed by atoms with E-state index in [1.165, 1.54) is 0 Å². The highest BCUT2D eigenvalue weighted by Crippen LogP contribution is 2.49. The van der Waals surface area contributed by atoms with Crippen LogP contribution in [0.4, 0.5) is 5.69 Å². The lowest BCUT2D eigenvalue weighted by molar-refractivity contribution is 0.480. The molecule has 240 valence electrons.